The van der Waals surface area contributed by atoms with Crippen molar-refractivity contribution in [3.63, 3.8) is 0 Å². The number of benzene rings is 1. The third-order valence-electron chi connectivity index (χ3n) is 5.33. The van der Waals surface area contributed by atoms with E-state index in [1.165, 1.54) is 0 Å². The van der Waals surface area contributed by atoms with Crippen LogP contribution >= 0.6 is 0 Å². The lowest BCUT2D eigenvalue weighted by Crippen LogP contribution is -2.65. The maximum absolute atomic E-state index is 12.6. The quantitative estimate of drug-likeness (QED) is 0.800. The van der Waals surface area contributed by atoms with Crippen LogP contribution in [0.5, 0.6) is 0 Å². The van der Waals surface area contributed by atoms with Crippen molar-refractivity contribution in [2.75, 3.05) is 20.3 Å². The Morgan fingerprint density at radius 1 is 1.29 bits per heavy atom. The van der Waals surface area contributed by atoms with Crippen LogP contribution in [0.4, 0.5) is 0 Å². The smallest absolute Gasteiger partial charge is 0.216 e. The van der Waals surface area contributed by atoms with Crippen LogP contribution in [-0.4, -0.2) is 46.0 Å². The number of nitrogens with one attached hydrogen (secondary N) is 1. The number of hydrogen-bond acceptors (Lipinski definition) is 5. The van der Waals surface area contributed by atoms with E-state index < -0.39 is 16.1 Å². The summed E-state index contributed by atoms with van der Waals surface area (Å²) in [5.41, 5.74) is 1.25. The van der Waals surface area contributed by atoms with E-state index in [-0.39, 0.29) is 17.2 Å². The molecule has 0 unspecified atom stereocenters. The molecule has 3 rings (SSSR count). The van der Waals surface area contributed by atoms with Crippen LogP contribution in [-0.2, 0) is 31.9 Å². The molecule has 1 aliphatic carbocycles. The van der Waals surface area contributed by atoms with E-state index in [1.54, 1.807) is 7.11 Å². The maximum atomic E-state index is 12.6. The number of sulfonamides is 1. The van der Waals surface area contributed by atoms with Crippen molar-refractivity contribution in [1.29, 1.82) is 0 Å². The minimum atomic E-state index is -3.49. The second-order valence-electron chi connectivity index (χ2n) is 6.73. The molecule has 1 heterocycles. The predicted octanol–water partition coefficient (Wildman–Crippen LogP) is 1.18. The fourth-order valence-corrected chi connectivity index (χ4v) is 5.36. The molecule has 2 aliphatic rings. The first-order chi connectivity index (χ1) is 11.5. The summed E-state index contributed by atoms with van der Waals surface area (Å²) in [7, 11) is -1.90. The summed E-state index contributed by atoms with van der Waals surface area (Å²) < 4.78 is 38.6. The summed E-state index contributed by atoms with van der Waals surface area (Å²) in [4.78, 5) is 0. The highest BCUT2D eigenvalue weighted by Gasteiger charge is 2.55. The van der Waals surface area contributed by atoms with Gasteiger partial charge in [-0.25, -0.2) is 13.1 Å². The molecule has 2 N–H and O–H groups in total. The molecule has 0 bridgehead atoms. The second-order valence-corrected chi connectivity index (χ2v) is 8.48. The van der Waals surface area contributed by atoms with Gasteiger partial charge in [-0.2, -0.15) is 0 Å². The van der Waals surface area contributed by atoms with E-state index in [0.29, 0.717) is 39.1 Å². The first-order valence-corrected chi connectivity index (χ1v) is 9.93. The van der Waals surface area contributed by atoms with Gasteiger partial charge in [-0.15, -0.1) is 0 Å². The van der Waals surface area contributed by atoms with Gasteiger partial charge in [0, 0.05) is 31.8 Å². The SMILES string of the molecule is COCc1ccccc1CS(=O)(=O)N[C@@H]1C[C@@H](O)C12CCOCC2. The lowest BCUT2D eigenvalue weighted by atomic mass is 9.58. The molecule has 0 amide bonds. The molecule has 1 saturated carbocycles. The molecule has 1 aromatic carbocycles. The summed E-state index contributed by atoms with van der Waals surface area (Å²) in [6, 6.07) is 7.18. The van der Waals surface area contributed by atoms with E-state index in [1.807, 2.05) is 24.3 Å². The van der Waals surface area contributed by atoms with Crippen molar-refractivity contribution >= 4 is 10.0 Å². The molecule has 1 aliphatic heterocycles. The summed E-state index contributed by atoms with van der Waals surface area (Å²) in [6.45, 7) is 1.53. The molecule has 6 nitrogen and oxygen atoms in total. The third-order valence-corrected chi connectivity index (χ3v) is 6.66. The minimum absolute atomic E-state index is 0.0777. The molecule has 0 aromatic heterocycles. The molecule has 24 heavy (non-hydrogen) atoms. The highest BCUT2D eigenvalue weighted by Crippen LogP contribution is 2.49. The monoisotopic (exact) mass is 355 g/mol. The minimum Gasteiger partial charge on any atom is -0.392 e. The number of methoxy groups -OCH3 is 1. The normalized spacial score (nSPS) is 26.2. The second kappa shape index (κ2) is 7.09. The molecule has 1 spiro atoms. The fraction of sp³-hybridized carbons (Fsp3) is 0.647. The molecular formula is C17H25NO5S. The van der Waals surface area contributed by atoms with Crippen LogP contribution in [0.1, 0.15) is 30.4 Å². The molecular weight excluding hydrogens is 330 g/mol. The van der Waals surface area contributed by atoms with Crippen LogP contribution in [0.2, 0.25) is 0 Å². The van der Waals surface area contributed by atoms with E-state index in [9.17, 15) is 13.5 Å². The summed E-state index contributed by atoms with van der Waals surface area (Å²) in [5.74, 6) is -0.0777. The average Bonchev–Trinajstić information content (AvgIpc) is 2.57. The zero-order valence-electron chi connectivity index (χ0n) is 13.9. The molecule has 2 atom stereocenters. The zero-order valence-corrected chi connectivity index (χ0v) is 14.7. The van der Waals surface area contributed by atoms with Crippen LogP contribution in [0.15, 0.2) is 24.3 Å². The van der Waals surface area contributed by atoms with E-state index in [4.69, 9.17) is 9.47 Å². The van der Waals surface area contributed by atoms with Crippen LogP contribution in [0.3, 0.4) is 0 Å². The average molecular weight is 355 g/mol. The Kier molecular flexibility index (Phi) is 5.27. The topological polar surface area (TPSA) is 84.9 Å². The van der Waals surface area contributed by atoms with Gasteiger partial charge in [0.25, 0.3) is 0 Å². The third kappa shape index (κ3) is 3.50. The predicted molar refractivity (Wildman–Crippen MR) is 89.8 cm³/mol. The van der Waals surface area contributed by atoms with Crippen LogP contribution in [0.25, 0.3) is 0 Å². The van der Waals surface area contributed by atoms with Gasteiger partial charge >= 0.3 is 0 Å². The standard InChI is InChI=1S/C17H25NO5S/c1-22-11-13-4-2-3-5-14(13)12-24(20,21)18-15-10-16(19)17(15)6-8-23-9-7-17/h2-5,15-16,18-19H,6-12H2,1H3/t15-,16-/m1/s1. The highest BCUT2D eigenvalue weighted by atomic mass is 32.2. The maximum Gasteiger partial charge on any atom is 0.216 e. The van der Waals surface area contributed by atoms with E-state index in [2.05, 4.69) is 4.72 Å². The Bertz CT molecular complexity index is 669. The molecule has 7 heteroatoms. The summed E-state index contributed by atoms with van der Waals surface area (Å²) in [6.07, 6.45) is 1.41. The van der Waals surface area contributed by atoms with Crippen LogP contribution in [0, 0.1) is 5.41 Å². The number of aliphatic hydroxyl groups is 1. The number of rotatable bonds is 6. The van der Waals surface area contributed by atoms with Gasteiger partial charge in [0.2, 0.25) is 10.0 Å². The first kappa shape index (κ1) is 17.8. The van der Waals surface area contributed by atoms with Gasteiger partial charge < -0.3 is 14.6 Å². The van der Waals surface area contributed by atoms with Gasteiger partial charge in [0.15, 0.2) is 0 Å². The van der Waals surface area contributed by atoms with Crippen molar-refractivity contribution in [1.82, 2.24) is 4.72 Å². The lowest BCUT2D eigenvalue weighted by molar-refractivity contribution is -0.143. The van der Waals surface area contributed by atoms with Gasteiger partial charge in [0.1, 0.15) is 0 Å². The Morgan fingerprint density at radius 3 is 2.58 bits per heavy atom. The molecule has 0 radical (unpaired) electrons. The Balaban J connectivity index is 1.71. The van der Waals surface area contributed by atoms with Gasteiger partial charge in [-0.3, -0.25) is 0 Å². The van der Waals surface area contributed by atoms with Crippen molar-refractivity contribution in [3.05, 3.63) is 35.4 Å². The number of ether oxygens (including phenoxy) is 2. The Hall–Kier alpha value is -0.990. The molecule has 1 aromatic rings. The van der Waals surface area contributed by atoms with E-state index in [0.717, 1.165) is 11.1 Å². The fourth-order valence-electron chi connectivity index (χ4n) is 3.82. The Morgan fingerprint density at radius 2 is 1.96 bits per heavy atom. The summed E-state index contributed by atoms with van der Waals surface area (Å²) in [5, 5.41) is 10.2. The van der Waals surface area contributed by atoms with E-state index >= 15 is 0 Å². The van der Waals surface area contributed by atoms with Crippen molar-refractivity contribution < 1.29 is 23.0 Å². The first-order valence-electron chi connectivity index (χ1n) is 8.28. The van der Waals surface area contributed by atoms with Gasteiger partial charge in [-0.1, -0.05) is 24.3 Å². The Labute approximate surface area is 143 Å². The van der Waals surface area contributed by atoms with Gasteiger partial charge in [0.05, 0.1) is 18.5 Å². The molecule has 134 valence electrons. The largest absolute Gasteiger partial charge is 0.392 e. The van der Waals surface area contributed by atoms with Crippen LogP contribution < -0.4 is 4.72 Å². The summed E-state index contributed by atoms with van der Waals surface area (Å²) >= 11 is 0. The van der Waals surface area contributed by atoms with Crippen molar-refractivity contribution in [2.45, 2.75) is 43.8 Å². The van der Waals surface area contributed by atoms with Crippen molar-refractivity contribution in [2.24, 2.45) is 5.41 Å². The molecule has 2 fully saturated rings. The highest BCUT2D eigenvalue weighted by molar-refractivity contribution is 7.88. The zero-order chi connectivity index (χ0) is 17.2. The lowest BCUT2D eigenvalue weighted by Gasteiger charge is -2.55. The molecule has 1 saturated heterocycles. The number of hydrogen-bond donors (Lipinski definition) is 2. The number of aliphatic hydroxyl groups excluding tert-OH is 1. The van der Waals surface area contributed by atoms with Crippen molar-refractivity contribution in [3.8, 4) is 0 Å². The van der Waals surface area contributed by atoms with Gasteiger partial charge in [-0.05, 0) is 30.4 Å².